The summed E-state index contributed by atoms with van der Waals surface area (Å²) in [7, 11) is -0.702. The van der Waals surface area contributed by atoms with Crippen molar-refractivity contribution < 1.29 is 9.00 Å². The standard InChI is InChI=1S/C18H34N4O2S/c1-3-19-18(20-11-7-13-22-12-6-10-17(22)23)21-15-8-5-9-16(14-15)25(24)4-2/h15-16H,3-14H2,1-2H3,(H2,19,20,21). The van der Waals surface area contributed by atoms with Crippen LogP contribution < -0.4 is 10.6 Å². The molecule has 25 heavy (non-hydrogen) atoms. The van der Waals surface area contributed by atoms with Gasteiger partial charge in [-0.05, 0) is 39.0 Å². The molecule has 0 spiro atoms. The minimum Gasteiger partial charge on any atom is -0.357 e. The van der Waals surface area contributed by atoms with Gasteiger partial charge in [0.25, 0.3) is 0 Å². The molecular formula is C18H34N4O2S. The molecule has 144 valence electrons. The summed E-state index contributed by atoms with van der Waals surface area (Å²) in [4.78, 5) is 18.2. The van der Waals surface area contributed by atoms with E-state index in [1.807, 2.05) is 11.8 Å². The van der Waals surface area contributed by atoms with Crippen molar-refractivity contribution in [2.75, 3.05) is 31.9 Å². The molecule has 0 aromatic rings. The first kappa shape index (κ1) is 20.2. The quantitative estimate of drug-likeness (QED) is 0.387. The Morgan fingerprint density at radius 1 is 1.32 bits per heavy atom. The highest BCUT2D eigenvalue weighted by Gasteiger charge is 2.26. The van der Waals surface area contributed by atoms with Gasteiger partial charge in [-0.2, -0.15) is 0 Å². The summed E-state index contributed by atoms with van der Waals surface area (Å²) < 4.78 is 12.1. The molecular weight excluding hydrogens is 336 g/mol. The number of carbonyl (C=O) groups is 1. The summed E-state index contributed by atoms with van der Waals surface area (Å²) in [5, 5.41) is 7.15. The summed E-state index contributed by atoms with van der Waals surface area (Å²) in [5.41, 5.74) is 0. The molecule has 2 aliphatic rings. The van der Waals surface area contributed by atoms with Gasteiger partial charge in [-0.1, -0.05) is 13.3 Å². The highest BCUT2D eigenvalue weighted by molar-refractivity contribution is 7.85. The fourth-order valence-electron chi connectivity index (χ4n) is 3.66. The van der Waals surface area contributed by atoms with Gasteiger partial charge in [0.05, 0.1) is 0 Å². The Hall–Kier alpha value is -1.11. The largest absolute Gasteiger partial charge is 0.357 e. The number of nitrogens with one attached hydrogen (secondary N) is 2. The van der Waals surface area contributed by atoms with E-state index in [9.17, 15) is 9.00 Å². The summed E-state index contributed by atoms with van der Waals surface area (Å²) in [6.45, 7) is 7.32. The fourth-order valence-corrected chi connectivity index (χ4v) is 5.00. The summed E-state index contributed by atoms with van der Waals surface area (Å²) in [5.74, 6) is 1.88. The van der Waals surface area contributed by atoms with Crippen molar-refractivity contribution in [1.29, 1.82) is 0 Å². The lowest BCUT2D eigenvalue weighted by Crippen LogP contribution is -2.46. The Morgan fingerprint density at radius 2 is 2.16 bits per heavy atom. The van der Waals surface area contributed by atoms with Crippen LogP contribution in [0.25, 0.3) is 0 Å². The number of likely N-dealkylation sites (tertiary alicyclic amines) is 1. The van der Waals surface area contributed by atoms with Crippen LogP contribution in [-0.2, 0) is 15.6 Å². The van der Waals surface area contributed by atoms with Crippen LogP contribution in [0.1, 0.15) is 58.8 Å². The third kappa shape index (κ3) is 6.60. The monoisotopic (exact) mass is 370 g/mol. The lowest BCUT2D eigenvalue weighted by Gasteiger charge is -2.30. The summed E-state index contributed by atoms with van der Waals surface area (Å²) >= 11 is 0. The van der Waals surface area contributed by atoms with E-state index in [1.165, 1.54) is 0 Å². The predicted molar refractivity (Wildman–Crippen MR) is 104 cm³/mol. The molecule has 1 amide bonds. The van der Waals surface area contributed by atoms with Crippen LogP contribution in [0.5, 0.6) is 0 Å². The van der Waals surface area contributed by atoms with Gasteiger partial charge in [-0.15, -0.1) is 0 Å². The number of carbonyl (C=O) groups excluding carboxylic acids is 1. The van der Waals surface area contributed by atoms with Crippen molar-refractivity contribution >= 4 is 22.7 Å². The number of rotatable bonds is 8. The molecule has 1 saturated heterocycles. The molecule has 0 aromatic heterocycles. The molecule has 2 N–H and O–H groups in total. The topological polar surface area (TPSA) is 73.8 Å². The lowest BCUT2D eigenvalue weighted by atomic mass is 9.95. The molecule has 6 nitrogen and oxygen atoms in total. The zero-order valence-electron chi connectivity index (χ0n) is 15.8. The Kier molecular flexibility index (Phi) is 8.72. The Balaban J connectivity index is 1.78. The first-order chi connectivity index (χ1) is 12.1. The molecule has 1 aliphatic carbocycles. The second kappa shape index (κ2) is 10.8. The third-order valence-electron chi connectivity index (χ3n) is 4.99. The molecule has 1 saturated carbocycles. The lowest BCUT2D eigenvalue weighted by molar-refractivity contribution is -0.127. The van der Waals surface area contributed by atoms with E-state index in [1.54, 1.807) is 0 Å². The Labute approximate surface area is 154 Å². The Morgan fingerprint density at radius 3 is 2.84 bits per heavy atom. The SMILES string of the molecule is CCNC(=NCCCN1CCCC1=O)NC1CCCC(S(=O)CC)C1. The zero-order valence-corrected chi connectivity index (χ0v) is 16.6. The highest BCUT2D eigenvalue weighted by atomic mass is 32.2. The summed E-state index contributed by atoms with van der Waals surface area (Å²) in [6, 6.07) is 0.354. The van der Waals surface area contributed by atoms with Crippen molar-refractivity contribution in [2.45, 2.75) is 70.1 Å². The van der Waals surface area contributed by atoms with Crippen LogP contribution in [0.15, 0.2) is 4.99 Å². The molecule has 3 unspecified atom stereocenters. The summed E-state index contributed by atoms with van der Waals surface area (Å²) in [6.07, 6.45) is 6.89. The zero-order chi connectivity index (χ0) is 18.1. The molecule has 7 heteroatoms. The van der Waals surface area contributed by atoms with Gasteiger partial charge in [0.15, 0.2) is 5.96 Å². The van der Waals surface area contributed by atoms with Crippen molar-refractivity contribution in [3.05, 3.63) is 0 Å². The van der Waals surface area contributed by atoms with Gasteiger partial charge in [-0.25, -0.2) is 0 Å². The second-order valence-corrected chi connectivity index (χ2v) is 8.90. The average Bonchev–Trinajstić information content (AvgIpc) is 3.03. The number of nitrogens with zero attached hydrogens (tertiary/aromatic N) is 2. The maximum Gasteiger partial charge on any atom is 0.222 e. The van der Waals surface area contributed by atoms with Gasteiger partial charge in [-0.3, -0.25) is 14.0 Å². The van der Waals surface area contributed by atoms with E-state index in [0.717, 1.165) is 76.4 Å². The molecule has 2 rings (SSSR count). The van der Waals surface area contributed by atoms with Crippen LogP contribution in [0.4, 0.5) is 0 Å². The molecule has 0 aromatic carbocycles. The van der Waals surface area contributed by atoms with Crippen molar-refractivity contribution in [3.8, 4) is 0 Å². The third-order valence-corrected chi connectivity index (χ3v) is 6.74. The minimum absolute atomic E-state index is 0.284. The Bertz CT molecular complexity index is 484. The number of amides is 1. The highest BCUT2D eigenvalue weighted by Crippen LogP contribution is 2.23. The van der Waals surface area contributed by atoms with Gasteiger partial charge in [0, 0.05) is 60.4 Å². The smallest absolute Gasteiger partial charge is 0.222 e. The van der Waals surface area contributed by atoms with E-state index < -0.39 is 10.8 Å². The van der Waals surface area contributed by atoms with Gasteiger partial charge in [0.1, 0.15) is 0 Å². The molecule has 3 atom stereocenters. The van der Waals surface area contributed by atoms with E-state index in [2.05, 4.69) is 22.5 Å². The number of hydrogen-bond acceptors (Lipinski definition) is 3. The van der Waals surface area contributed by atoms with Crippen LogP contribution >= 0.6 is 0 Å². The maximum atomic E-state index is 12.1. The first-order valence-corrected chi connectivity index (χ1v) is 11.2. The van der Waals surface area contributed by atoms with E-state index >= 15 is 0 Å². The minimum atomic E-state index is -0.702. The molecule has 1 heterocycles. The fraction of sp³-hybridized carbons (Fsp3) is 0.889. The van der Waals surface area contributed by atoms with E-state index in [0.29, 0.717) is 17.7 Å². The number of hydrogen-bond donors (Lipinski definition) is 2. The van der Waals surface area contributed by atoms with Gasteiger partial charge >= 0.3 is 0 Å². The van der Waals surface area contributed by atoms with Crippen molar-refractivity contribution in [2.24, 2.45) is 4.99 Å². The first-order valence-electron chi connectivity index (χ1n) is 9.83. The van der Waals surface area contributed by atoms with Crippen LogP contribution in [0, 0.1) is 0 Å². The van der Waals surface area contributed by atoms with Crippen molar-refractivity contribution in [3.63, 3.8) is 0 Å². The normalized spacial score (nSPS) is 25.9. The number of aliphatic imine (C=N–C) groups is 1. The second-order valence-electron chi connectivity index (χ2n) is 6.90. The number of guanidine groups is 1. The van der Waals surface area contributed by atoms with E-state index in [4.69, 9.17) is 0 Å². The van der Waals surface area contributed by atoms with Crippen LogP contribution in [-0.4, -0.2) is 64.2 Å². The van der Waals surface area contributed by atoms with E-state index in [-0.39, 0.29) is 5.91 Å². The van der Waals surface area contributed by atoms with Crippen LogP contribution in [0.2, 0.25) is 0 Å². The average molecular weight is 371 g/mol. The predicted octanol–water partition coefficient (Wildman–Crippen LogP) is 1.63. The van der Waals surface area contributed by atoms with Crippen LogP contribution in [0.3, 0.4) is 0 Å². The molecule has 0 bridgehead atoms. The molecule has 0 radical (unpaired) electrons. The molecule has 2 fully saturated rings. The van der Waals surface area contributed by atoms with Gasteiger partial charge in [0.2, 0.25) is 5.91 Å². The van der Waals surface area contributed by atoms with Gasteiger partial charge < -0.3 is 15.5 Å². The van der Waals surface area contributed by atoms with Crippen molar-refractivity contribution in [1.82, 2.24) is 15.5 Å². The maximum absolute atomic E-state index is 12.1. The molecule has 1 aliphatic heterocycles.